The zero-order valence-electron chi connectivity index (χ0n) is 13.0. The number of aliphatic imine (C=N–C) groups is 1. The summed E-state index contributed by atoms with van der Waals surface area (Å²) in [5, 5.41) is 0. The second-order valence-corrected chi connectivity index (χ2v) is 5.07. The predicted molar refractivity (Wildman–Crippen MR) is 95.1 cm³/mol. The lowest BCUT2D eigenvalue weighted by atomic mass is 10.1. The van der Waals surface area contributed by atoms with Crippen molar-refractivity contribution in [1.29, 1.82) is 0 Å². The summed E-state index contributed by atoms with van der Waals surface area (Å²) in [4.78, 5) is 16.0. The van der Waals surface area contributed by atoms with Gasteiger partial charge in [-0.15, -0.1) is 0 Å². The third kappa shape index (κ3) is 5.45. The van der Waals surface area contributed by atoms with Crippen LogP contribution in [0.25, 0.3) is 0 Å². The van der Waals surface area contributed by atoms with E-state index in [4.69, 9.17) is 4.74 Å². The van der Waals surface area contributed by atoms with Crippen molar-refractivity contribution < 1.29 is 9.53 Å². The Morgan fingerprint density at radius 1 is 1.18 bits per heavy atom. The van der Waals surface area contributed by atoms with E-state index in [2.05, 4.69) is 20.9 Å². The smallest absolute Gasteiger partial charge is 0.340 e. The molecular formula is C18H20BrNO2. The van der Waals surface area contributed by atoms with Gasteiger partial charge in [-0.2, -0.15) is 0 Å². The second-order valence-electron chi connectivity index (χ2n) is 4.15. The molecule has 0 atom stereocenters. The lowest BCUT2D eigenvalue weighted by molar-refractivity contribution is 0.0601. The molecule has 2 aromatic rings. The molecule has 0 fully saturated rings. The van der Waals surface area contributed by atoms with Gasteiger partial charge < -0.3 is 4.74 Å². The Bertz CT molecular complexity index is 624. The Morgan fingerprint density at radius 3 is 2.50 bits per heavy atom. The van der Waals surface area contributed by atoms with Crippen molar-refractivity contribution in [3.05, 3.63) is 64.1 Å². The van der Waals surface area contributed by atoms with E-state index >= 15 is 0 Å². The molecule has 0 amide bonds. The van der Waals surface area contributed by atoms with Gasteiger partial charge in [0.25, 0.3) is 0 Å². The summed E-state index contributed by atoms with van der Waals surface area (Å²) in [6.07, 6.45) is 2.51. The van der Waals surface area contributed by atoms with Gasteiger partial charge in [0.2, 0.25) is 0 Å². The van der Waals surface area contributed by atoms with Crippen molar-refractivity contribution >= 4 is 33.8 Å². The molecule has 0 radical (unpaired) electrons. The van der Waals surface area contributed by atoms with E-state index in [1.54, 1.807) is 24.4 Å². The third-order valence-electron chi connectivity index (χ3n) is 2.77. The number of hydrogen-bond acceptors (Lipinski definition) is 3. The normalized spacial score (nSPS) is 10.0. The number of benzene rings is 2. The molecule has 116 valence electrons. The molecule has 0 aliphatic heterocycles. The fourth-order valence-corrected chi connectivity index (χ4v) is 2.11. The minimum Gasteiger partial charge on any atom is -0.465 e. The van der Waals surface area contributed by atoms with E-state index in [0.29, 0.717) is 17.7 Å². The highest BCUT2D eigenvalue weighted by Crippen LogP contribution is 2.24. The van der Waals surface area contributed by atoms with Gasteiger partial charge in [0.1, 0.15) is 0 Å². The van der Waals surface area contributed by atoms with Gasteiger partial charge in [-0.1, -0.05) is 60.1 Å². The average molecular weight is 362 g/mol. The first-order valence-electron chi connectivity index (χ1n) is 7.15. The Hall–Kier alpha value is -1.94. The predicted octanol–water partition coefficient (Wildman–Crippen LogP) is 5.21. The maximum absolute atomic E-state index is 11.7. The highest BCUT2D eigenvalue weighted by atomic mass is 79.9. The van der Waals surface area contributed by atoms with Crippen LogP contribution in [0.1, 0.15) is 29.8 Å². The maximum Gasteiger partial charge on any atom is 0.340 e. The molecule has 0 heterocycles. The molecule has 0 aromatic heterocycles. The van der Waals surface area contributed by atoms with Crippen LogP contribution in [0, 0.1) is 0 Å². The highest BCUT2D eigenvalue weighted by Gasteiger charge is 2.10. The summed E-state index contributed by atoms with van der Waals surface area (Å²) in [6.45, 7) is 4.00. The van der Waals surface area contributed by atoms with Crippen LogP contribution in [-0.4, -0.2) is 19.3 Å². The average Bonchev–Trinajstić information content (AvgIpc) is 2.57. The van der Waals surface area contributed by atoms with E-state index < -0.39 is 0 Å². The molecule has 3 nitrogen and oxygen atoms in total. The fourth-order valence-electron chi connectivity index (χ4n) is 1.76. The number of nitrogens with zero attached hydrogens (tertiary/aromatic N) is 1. The Kier molecular flexibility index (Phi) is 8.15. The van der Waals surface area contributed by atoms with Gasteiger partial charge in [0.15, 0.2) is 0 Å². The molecule has 0 bridgehead atoms. The van der Waals surface area contributed by atoms with Gasteiger partial charge in [-0.3, -0.25) is 4.99 Å². The topological polar surface area (TPSA) is 38.7 Å². The van der Waals surface area contributed by atoms with Crippen molar-refractivity contribution in [3.8, 4) is 0 Å². The first-order chi connectivity index (χ1) is 10.7. The van der Waals surface area contributed by atoms with Crippen LogP contribution in [-0.2, 0) is 11.2 Å². The van der Waals surface area contributed by atoms with Crippen LogP contribution in [0.5, 0.6) is 0 Å². The van der Waals surface area contributed by atoms with Gasteiger partial charge >= 0.3 is 5.97 Å². The van der Waals surface area contributed by atoms with Crippen molar-refractivity contribution in [3.63, 3.8) is 0 Å². The van der Waals surface area contributed by atoms with Crippen LogP contribution >= 0.6 is 15.9 Å². The summed E-state index contributed by atoms with van der Waals surface area (Å²) in [6, 6.07) is 15.3. The van der Waals surface area contributed by atoms with Crippen molar-refractivity contribution in [2.75, 3.05) is 7.11 Å². The number of hydrogen-bond donors (Lipinski definition) is 0. The van der Waals surface area contributed by atoms with Crippen LogP contribution in [0.15, 0.2) is 58.0 Å². The molecule has 22 heavy (non-hydrogen) atoms. The number of methoxy groups -OCH3 is 1. The Balaban J connectivity index is 0.00000116. The standard InChI is InChI=1S/C16H14BrNO2.C2H6/c1-20-16(19)14-8-7-13(17)11-15(14)18-10-9-12-5-3-2-4-6-12;1-2/h2-8,10-11H,9H2,1H3;1-2H3. The van der Waals surface area contributed by atoms with E-state index in [9.17, 15) is 4.79 Å². The monoisotopic (exact) mass is 361 g/mol. The number of esters is 1. The van der Waals surface area contributed by atoms with Gasteiger partial charge in [0, 0.05) is 17.1 Å². The SMILES string of the molecule is CC.COC(=O)c1ccc(Br)cc1N=CCc1ccccc1. The van der Waals surface area contributed by atoms with E-state index in [1.165, 1.54) is 12.7 Å². The first-order valence-corrected chi connectivity index (χ1v) is 7.94. The Labute approximate surface area is 140 Å². The van der Waals surface area contributed by atoms with E-state index in [0.717, 1.165) is 4.47 Å². The fraction of sp³-hybridized carbons (Fsp3) is 0.222. The van der Waals surface area contributed by atoms with Gasteiger partial charge in [-0.05, 0) is 23.8 Å². The number of rotatable bonds is 4. The number of ether oxygens (including phenoxy) is 1. The molecule has 0 N–H and O–H groups in total. The van der Waals surface area contributed by atoms with Crippen LogP contribution in [0.4, 0.5) is 5.69 Å². The second kappa shape index (κ2) is 9.90. The molecule has 4 heteroatoms. The molecule has 0 unspecified atom stereocenters. The minimum absolute atomic E-state index is 0.385. The van der Waals surface area contributed by atoms with Crippen LogP contribution in [0.3, 0.4) is 0 Å². The van der Waals surface area contributed by atoms with Gasteiger partial charge in [0.05, 0.1) is 18.4 Å². The molecule has 0 saturated heterocycles. The molecule has 2 rings (SSSR count). The number of carbonyl (C=O) groups is 1. The largest absolute Gasteiger partial charge is 0.465 e. The Morgan fingerprint density at radius 2 is 1.86 bits per heavy atom. The van der Waals surface area contributed by atoms with Crippen molar-refractivity contribution in [1.82, 2.24) is 0 Å². The van der Waals surface area contributed by atoms with Crippen molar-refractivity contribution in [2.45, 2.75) is 20.3 Å². The summed E-state index contributed by atoms with van der Waals surface area (Å²) in [5.74, 6) is -0.385. The number of carbonyl (C=O) groups excluding carboxylic acids is 1. The molecule has 0 spiro atoms. The van der Waals surface area contributed by atoms with Gasteiger partial charge in [-0.25, -0.2) is 4.79 Å². The van der Waals surface area contributed by atoms with E-state index in [-0.39, 0.29) is 5.97 Å². The third-order valence-corrected chi connectivity index (χ3v) is 3.26. The summed E-state index contributed by atoms with van der Waals surface area (Å²) < 4.78 is 5.63. The molecule has 0 aliphatic rings. The van der Waals surface area contributed by atoms with E-state index in [1.807, 2.05) is 44.2 Å². The van der Waals surface area contributed by atoms with Crippen LogP contribution in [0.2, 0.25) is 0 Å². The molecule has 0 aliphatic carbocycles. The summed E-state index contributed by atoms with van der Waals surface area (Å²) >= 11 is 3.38. The maximum atomic E-state index is 11.7. The van der Waals surface area contributed by atoms with Crippen molar-refractivity contribution in [2.24, 2.45) is 4.99 Å². The van der Waals surface area contributed by atoms with Crippen LogP contribution < -0.4 is 0 Å². The summed E-state index contributed by atoms with van der Waals surface area (Å²) in [5.41, 5.74) is 2.23. The minimum atomic E-state index is -0.385. The first kappa shape index (κ1) is 18.1. The molecule has 2 aromatic carbocycles. The quantitative estimate of drug-likeness (QED) is 0.553. The summed E-state index contributed by atoms with van der Waals surface area (Å²) in [7, 11) is 1.36. The number of halogens is 1. The zero-order chi connectivity index (χ0) is 16.4. The lowest BCUT2D eigenvalue weighted by Crippen LogP contribution is -2.01. The molecule has 0 saturated carbocycles. The molecular weight excluding hydrogens is 342 g/mol. The lowest BCUT2D eigenvalue weighted by Gasteiger charge is -2.04. The zero-order valence-corrected chi connectivity index (χ0v) is 14.6. The highest BCUT2D eigenvalue weighted by molar-refractivity contribution is 9.10.